The van der Waals surface area contributed by atoms with Gasteiger partial charge in [-0.25, -0.2) is 4.79 Å². The molecule has 0 fully saturated rings. The van der Waals surface area contributed by atoms with Gasteiger partial charge < -0.3 is 23.4 Å². The first-order valence-electron chi connectivity index (χ1n) is 9.59. The fraction of sp³-hybridized carbons (Fsp3) is 0.304. The molecule has 1 heterocycles. The van der Waals surface area contributed by atoms with Crippen molar-refractivity contribution < 1.29 is 28.2 Å². The van der Waals surface area contributed by atoms with Crippen molar-refractivity contribution in [1.29, 1.82) is 0 Å². The van der Waals surface area contributed by atoms with E-state index < -0.39 is 5.97 Å². The number of rotatable bonds is 9. The van der Waals surface area contributed by atoms with Crippen molar-refractivity contribution in [2.75, 3.05) is 26.9 Å². The second kappa shape index (κ2) is 10.0. The molecule has 3 rings (SSSR count). The largest absolute Gasteiger partial charge is 0.460 e. The van der Waals surface area contributed by atoms with Gasteiger partial charge in [0, 0.05) is 13.2 Å². The molecule has 3 aromatic rings. The van der Waals surface area contributed by atoms with Crippen molar-refractivity contribution in [3.63, 3.8) is 0 Å². The van der Waals surface area contributed by atoms with Crippen LogP contribution in [0.2, 0.25) is 0 Å². The van der Waals surface area contributed by atoms with Crippen LogP contribution in [0.3, 0.4) is 0 Å². The van der Waals surface area contributed by atoms with Gasteiger partial charge in [-0.15, -0.1) is 0 Å². The first-order valence-corrected chi connectivity index (χ1v) is 9.59. The van der Waals surface area contributed by atoms with Crippen LogP contribution in [0.25, 0.3) is 11.0 Å². The lowest BCUT2D eigenvalue weighted by Crippen LogP contribution is -2.17. The maximum atomic E-state index is 12.8. The molecule has 0 aliphatic heterocycles. The Morgan fingerprint density at radius 3 is 2.63 bits per heavy atom. The van der Waals surface area contributed by atoms with Crippen LogP contribution >= 0.6 is 0 Å². The van der Waals surface area contributed by atoms with Gasteiger partial charge in [-0.1, -0.05) is 32.0 Å². The van der Waals surface area contributed by atoms with E-state index in [2.05, 4.69) is 13.8 Å². The number of ether oxygens (including phenoxy) is 4. The minimum atomic E-state index is -0.557. The molecule has 0 atom stereocenters. The van der Waals surface area contributed by atoms with Crippen molar-refractivity contribution in [3.8, 4) is 17.2 Å². The minimum Gasteiger partial charge on any atom is -0.460 e. The van der Waals surface area contributed by atoms with E-state index >= 15 is 0 Å². The van der Waals surface area contributed by atoms with Crippen LogP contribution < -0.4 is 14.9 Å². The Labute approximate surface area is 174 Å². The number of hydrogen-bond acceptors (Lipinski definition) is 7. The van der Waals surface area contributed by atoms with Crippen LogP contribution in [0.4, 0.5) is 0 Å². The third-order valence-corrected chi connectivity index (χ3v) is 4.36. The number of carbonyl (C=O) groups excluding carboxylic acids is 1. The quantitative estimate of drug-likeness (QED) is 0.295. The zero-order valence-electron chi connectivity index (χ0n) is 17.2. The highest BCUT2D eigenvalue weighted by Gasteiger charge is 2.14. The summed E-state index contributed by atoms with van der Waals surface area (Å²) in [6, 6.07) is 12.1. The molecule has 0 radical (unpaired) electrons. The summed E-state index contributed by atoms with van der Waals surface area (Å²) in [5, 5.41) is 0.325. The van der Waals surface area contributed by atoms with Crippen molar-refractivity contribution >= 4 is 16.9 Å². The van der Waals surface area contributed by atoms with E-state index in [-0.39, 0.29) is 35.0 Å². The molecular formula is C23H24O7. The molecule has 0 saturated carbocycles. The summed E-state index contributed by atoms with van der Waals surface area (Å²) >= 11 is 0. The molecule has 0 amide bonds. The molecule has 1 aromatic heterocycles. The van der Waals surface area contributed by atoms with Gasteiger partial charge in [0.1, 0.15) is 30.0 Å². The zero-order valence-corrected chi connectivity index (χ0v) is 17.2. The van der Waals surface area contributed by atoms with E-state index in [9.17, 15) is 9.59 Å². The van der Waals surface area contributed by atoms with Crippen LogP contribution in [0.15, 0.2) is 57.9 Å². The third kappa shape index (κ3) is 5.25. The minimum absolute atomic E-state index is 0.0897. The SMILES string of the molecule is COCCOCC(=O)Oc1ccc2c(=O)c(Oc3ccccc3C(C)C)coc2c1. The molecule has 158 valence electrons. The Hall–Kier alpha value is -3.16. The number of esters is 1. The Balaban J connectivity index is 1.77. The number of benzene rings is 2. The third-order valence-electron chi connectivity index (χ3n) is 4.36. The van der Waals surface area contributed by atoms with Gasteiger partial charge in [-0.3, -0.25) is 4.79 Å². The highest BCUT2D eigenvalue weighted by atomic mass is 16.6. The molecule has 0 N–H and O–H groups in total. The van der Waals surface area contributed by atoms with Crippen LogP contribution in [0.1, 0.15) is 25.3 Å². The average molecular weight is 412 g/mol. The Bertz CT molecular complexity index is 1070. The average Bonchev–Trinajstić information content (AvgIpc) is 2.73. The first-order chi connectivity index (χ1) is 14.5. The standard InChI is InChI=1S/C23H24O7/c1-15(2)17-6-4-5-7-19(17)30-21-13-28-20-12-16(8-9-18(20)23(21)25)29-22(24)14-27-11-10-26-3/h4-9,12-13,15H,10-11,14H2,1-3H3. The molecule has 0 spiro atoms. The predicted octanol–water partition coefficient (Wildman–Crippen LogP) is 4.28. The molecular weight excluding hydrogens is 388 g/mol. The van der Waals surface area contributed by atoms with Crippen LogP contribution in [0.5, 0.6) is 17.2 Å². The second-order valence-corrected chi connectivity index (χ2v) is 6.90. The summed E-state index contributed by atoms with van der Waals surface area (Å²) in [6.45, 7) is 4.59. The Morgan fingerprint density at radius 2 is 1.87 bits per heavy atom. The smallest absolute Gasteiger partial charge is 0.337 e. The fourth-order valence-corrected chi connectivity index (χ4v) is 2.85. The summed E-state index contributed by atoms with van der Waals surface area (Å²) in [5.41, 5.74) is 0.970. The molecule has 0 saturated heterocycles. The molecule has 2 aromatic carbocycles. The number of methoxy groups -OCH3 is 1. The highest BCUT2D eigenvalue weighted by molar-refractivity contribution is 5.81. The van der Waals surface area contributed by atoms with Crippen LogP contribution in [-0.2, 0) is 14.3 Å². The van der Waals surface area contributed by atoms with Crippen molar-refractivity contribution in [3.05, 3.63) is 64.5 Å². The van der Waals surface area contributed by atoms with E-state index in [0.717, 1.165) is 5.56 Å². The van der Waals surface area contributed by atoms with Gasteiger partial charge in [0.05, 0.1) is 18.6 Å². The number of hydrogen-bond donors (Lipinski definition) is 0. The lowest BCUT2D eigenvalue weighted by atomic mass is 10.0. The van der Waals surface area contributed by atoms with Crippen LogP contribution in [0, 0.1) is 0 Å². The maximum absolute atomic E-state index is 12.8. The fourth-order valence-electron chi connectivity index (χ4n) is 2.85. The normalized spacial score (nSPS) is 11.1. The highest BCUT2D eigenvalue weighted by Crippen LogP contribution is 2.30. The number of carbonyl (C=O) groups is 1. The second-order valence-electron chi connectivity index (χ2n) is 6.90. The van der Waals surface area contributed by atoms with Gasteiger partial charge in [0.2, 0.25) is 11.2 Å². The first kappa shape index (κ1) is 21.5. The summed E-state index contributed by atoms with van der Waals surface area (Å²) in [5.74, 6) is 0.636. The number of para-hydroxylation sites is 1. The number of fused-ring (bicyclic) bond motifs is 1. The molecule has 7 nitrogen and oxygen atoms in total. The van der Waals surface area contributed by atoms with Gasteiger partial charge in [0.25, 0.3) is 0 Å². The molecule has 0 aliphatic rings. The molecule has 7 heteroatoms. The Morgan fingerprint density at radius 1 is 1.07 bits per heavy atom. The van der Waals surface area contributed by atoms with E-state index in [1.165, 1.54) is 24.5 Å². The lowest BCUT2D eigenvalue weighted by Gasteiger charge is -2.13. The van der Waals surface area contributed by atoms with Gasteiger partial charge >= 0.3 is 5.97 Å². The molecule has 0 unspecified atom stereocenters. The topological polar surface area (TPSA) is 84.2 Å². The molecule has 30 heavy (non-hydrogen) atoms. The van der Waals surface area contributed by atoms with E-state index in [0.29, 0.717) is 24.3 Å². The Kier molecular flexibility index (Phi) is 7.21. The van der Waals surface area contributed by atoms with Crippen LogP contribution in [-0.4, -0.2) is 32.9 Å². The van der Waals surface area contributed by atoms with Crippen molar-refractivity contribution in [1.82, 2.24) is 0 Å². The summed E-state index contributed by atoms with van der Waals surface area (Å²) in [7, 11) is 1.55. The van der Waals surface area contributed by atoms with Gasteiger partial charge in [-0.2, -0.15) is 0 Å². The van der Waals surface area contributed by atoms with Gasteiger partial charge in [0.15, 0.2) is 0 Å². The summed E-state index contributed by atoms with van der Waals surface area (Å²) < 4.78 is 26.6. The molecule has 0 aliphatic carbocycles. The van der Waals surface area contributed by atoms with Crippen molar-refractivity contribution in [2.24, 2.45) is 0 Å². The zero-order chi connectivity index (χ0) is 21.5. The predicted molar refractivity (Wildman–Crippen MR) is 111 cm³/mol. The van der Waals surface area contributed by atoms with E-state index in [1.54, 1.807) is 7.11 Å². The monoisotopic (exact) mass is 412 g/mol. The van der Waals surface area contributed by atoms with E-state index in [1.807, 2.05) is 24.3 Å². The summed E-state index contributed by atoms with van der Waals surface area (Å²) in [4.78, 5) is 24.6. The lowest BCUT2D eigenvalue weighted by molar-refractivity contribution is -0.139. The maximum Gasteiger partial charge on any atom is 0.337 e. The summed E-state index contributed by atoms with van der Waals surface area (Å²) in [6.07, 6.45) is 1.27. The molecule has 0 bridgehead atoms. The van der Waals surface area contributed by atoms with Crippen molar-refractivity contribution in [2.45, 2.75) is 19.8 Å². The van der Waals surface area contributed by atoms with E-state index in [4.69, 9.17) is 23.4 Å². The van der Waals surface area contributed by atoms with Gasteiger partial charge in [-0.05, 0) is 29.7 Å².